The molecule has 0 atom stereocenters. The van der Waals surface area contributed by atoms with E-state index in [0.717, 1.165) is 45.1 Å². The van der Waals surface area contributed by atoms with E-state index in [-0.39, 0.29) is 5.91 Å². The van der Waals surface area contributed by atoms with Crippen molar-refractivity contribution in [1.82, 2.24) is 15.5 Å². The minimum atomic E-state index is 0.184. The van der Waals surface area contributed by atoms with E-state index in [1.807, 2.05) is 0 Å². The highest BCUT2D eigenvalue weighted by Crippen LogP contribution is 2.08. The van der Waals surface area contributed by atoms with Crippen LogP contribution in [0.5, 0.6) is 0 Å². The van der Waals surface area contributed by atoms with Crippen molar-refractivity contribution in [2.24, 2.45) is 5.92 Å². The minimum Gasteiger partial charge on any atom is -0.355 e. The Morgan fingerprint density at radius 2 is 1.84 bits per heavy atom. The number of rotatable bonds is 9. The van der Waals surface area contributed by atoms with Crippen LogP contribution in [0.25, 0.3) is 0 Å². The normalized spacial score (nSPS) is 16.8. The predicted octanol–water partition coefficient (Wildman–Crippen LogP) is 1.61. The summed E-state index contributed by atoms with van der Waals surface area (Å²) in [6, 6.07) is 0. The van der Waals surface area contributed by atoms with Gasteiger partial charge in [0.1, 0.15) is 0 Å². The lowest BCUT2D eigenvalue weighted by Crippen LogP contribution is -2.47. The number of piperazine rings is 1. The van der Waals surface area contributed by atoms with Crippen LogP contribution in [0.2, 0.25) is 0 Å². The number of nitrogens with zero attached hydrogens (tertiary/aromatic N) is 1. The zero-order valence-electron chi connectivity index (χ0n) is 12.7. The molecule has 0 aromatic heterocycles. The van der Waals surface area contributed by atoms with Gasteiger partial charge in [-0.05, 0) is 12.3 Å². The fourth-order valence-electron chi connectivity index (χ4n) is 2.39. The van der Waals surface area contributed by atoms with E-state index in [4.69, 9.17) is 0 Å². The molecule has 1 fully saturated rings. The molecule has 0 aliphatic carbocycles. The Hall–Kier alpha value is -0.610. The van der Waals surface area contributed by atoms with Crippen LogP contribution in [-0.2, 0) is 4.79 Å². The van der Waals surface area contributed by atoms with Gasteiger partial charge in [0.05, 0.1) is 6.54 Å². The van der Waals surface area contributed by atoms with Crippen molar-refractivity contribution in [1.29, 1.82) is 0 Å². The van der Waals surface area contributed by atoms with Crippen molar-refractivity contribution < 1.29 is 4.79 Å². The van der Waals surface area contributed by atoms with E-state index >= 15 is 0 Å². The van der Waals surface area contributed by atoms with Crippen molar-refractivity contribution in [3.63, 3.8) is 0 Å². The first-order valence-electron chi connectivity index (χ1n) is 7.88. The van der Waals surface area contributed by atoms with E-state index in [0.29, 0.717) is 6.54 Å². The quantitative estimate of drug-likeness (QED) is 0.625. The van der Waals surface area contributed by atoms with Gasteiger partial charge in [-0.1, -0.05) is 39.5 Å². The van der Waals surface area contributed by atoms with Gasteiger partial charge in [0.25, 0.3) is 0 Å². The van der Waals surface area contributed by atoms with Crippen LogP contribution >= 0.6 is 0 Å². The van der Waals surface area contributed by atoms with Gasteiger partial charge in [-0.25, -0.2) is 0 Å². The summed E-state index contributed by atoms with van der Waals surface area (Å²) in [5, 5.41) is 6.32. The highest BCUT2D eigenvalue weighted by Gasteiger charge is 2.12. The molecule has 0 aromatic carbocycles. The fourth-order valence-corrected chi connectivity index (χ4v) is 2.39. The molecule has 1 aliphatic rings. The second-order valence-corrected chi connectivity index (χ2v) is 5.97. The molecule has 4 heteroatoms. The van der Waals surface area contributed by atoms with E-state index in [1.54, 1.807) is 0 Å². The second kappa shape index (κ2) is 10.2. The lowest BCUT2D eigenvalue weighted by molar-refractivity contribution is -0.122. The molecule has 0 unspecified atom stereocenters. The predicted molar refractivity (Wildman–Crippen MR) is 80.2 cm³/mol. The summed E-state index contributed by atoms with van der Waals surface area (Å²) in [7, 11) is 0. The van der Waals surface area contributed by atoms with Crippen LogP contribution in [0, 0.1) is 5.92 Å². The first-order chi connectivity index (χ1) is 9.18. The number of unbranched alkanes of at least 4 members (excludes halogenated alkanes) is 3. The highest BCUT2D eigenvalue weighted by atomic mass is 16.2. The SMILES string of the molecule is CC(C)CCCCCCNC(=O)CN1CCNCC1. The summed E-state index contributed by atoms with van der Waals surface area (Å²) in [6.45, 7) is 9.94. The Morgan fingerprint density at radius 1 is 1.16 bits per heavy atom. The number of carbonyl (C=O) groups is 1. The average Bonchev–Trinajstić information content (AvgIpc) is 2.38. The zero-order valence-corrected chi connectivity index (χ0v) is 12.7. The molecule has 0 saturated carbocycles. The van der Waals surface area contributed by atoms with Gasteiger partial charge < -0.3 is 10.6 Å². The smallest absolute Gasteiger partial charge is 0.234 e. The second-order valence-electron chi connectivity index (χ2n) is 5.97. The van der Waals surface area contributed by atoms with E-state index in [9.17, 15) is 4.79 Å². The van der Waals surface area contributed by atoms with Crippen LogP contribution < -0.4 is 10.6 Å². The van der Waals surface area contributed by atoms with E-state index in [1.165, 1.54) is 25.7 Å². The van der Waals surface area contributed by atoms with Crippen molar-refractivity contribution in [2.45, 2.75) is 46.0 Å². The molecule has 2 N–H and O–H groups in total. The Balaban J connectivity index is 1.89. The molecule has 19 heavy (non-hydrogen) atoms. The van der Waals surface area contributed by atoms with Crippen LogP contribution in [0.15, 0.2) is 0 Å². The largest absolute Gasteiger partial charge is 0.355 e. The van der Waals surface area contributed by atoms with E-state index < -0.39 is 0 Å². The van der Waals surface area contributed by atoms with Gasteiger partial charge in [-0.3, -0.25) is 9.69 Å². The van der Waals surface area contributed by atoms with Gasteiger partial charge >= 0.3 is 0 Å². The van der Waals surface area contributed by atoms with Crippen molar-refractivity contribution in [3.8, 4) is 0 Å². The van der Waals surface area contributed by atoms with Gasteiger partial charge in [0.15, 0.2) is 0 Å². The summed E-state index contributed by atoms with van der Waals surface area (Å²) >= 11 is 0. The molecule has 1 aliphatic heterocycles. The summed E-state index contributed by atoms with van der Waals surface area (Å²) in [6.07, 6.45) is 6.31. The van der Waals surface area contributed by atoms with Crippen molar-refractivity contribution in [2.75, 3.05) is 39.3 Å². The Morgan fingerprint density at radius 3 is 2.53 bits per heavy atom. The van der Waals surface area contributed by atoms with Crippen LogP contribution in [0.3, 0.4) is 0 Å². The fraction of sp³-hybridized carbons (Fsp3) is 0.933. The number of hydrogen-bond acceptors (Lipinski definition) is 3. The first-order valence-corrected chi connectivity index (χ1v) is 7.88. The third kappa shape index (κ3) is 9.00. The molecule has 1 saturated heterocycles. The average molecular weight is 269 g/mol. The monoisotopic (exact) mass is 269 g/mol. The molecule has 0 spiro atoms. The Labute approximate surface area is 118 Å². The molecule has 1 amide bonds. The molecule has 1 rings (SSSR count). The molecule has 1 heterocycles. The third-order valence-corrected chi connectivity index (χ3v) is 3.61. The maximum Gasteiger partial charge on any atom is 0.234 e. The summed E-state index contributed by atoms with van der Waals surface area (Å²) in [4.78, 5) is 13.9. The van der Waals surface area contributed by atoms with Crippen LogP contribution in [-0.4, -0.2) is 50.1 Å². The summed E-state index contributed by atoms with van der Waals surface area (Å²) in [5.74, 6) is 1.00. The maximum absolute atomic E-state index is 11.7. The number of nitrogens with one attached hydrogen (secondary N) is 2. The van der Waals surface area contributed by atoms with Crippen molar-refractivity contribution in [3.05, 3.63) is 0 Å². The molecule has 0 radical (unpaired) electrons. The third-order valence-electron chi connectivity index (χ3n) is 3.61. The van der Waals surface area contributed by atoms with Crippen LogP contribution in [0.1, 0.15) is 46.0 Å². The molecule has 4 nitrogen and oxygen atoms in total. The molecule has 112 valence electrons. The topological polar surface area (TPSA) is 44.4 Å². The Bertz CT molecular complexity index is 238. The van der Waals surface area contributed by atoms with Gasteiger partial charge in [-0.15, -0.1) is 0 Å². The molecule has 0 bridgehead atoms. The van der Waals surface area contributed by atoms with Crippen molar-refractivity contribution >= 4 is 5.91 Å². The first kappa shape index (κ1) is 16.4. The lowest BCUT2D eigenvalue weighted by Gasteiger charge is -2.26. The number of hydrogen-bond donors (Lipinski definition) is 2. The van der Waals surface area contributed by atoms with E-state index in [2.05, 4.69) is 29.4 Å². The highest BCUT2D eigenvalue weighted by molar-refractivity contribution is 5.77. The zero-order chi connectivity index (χ0) is 13.9. The number of carbonyl (C=O) groups excluding carboxylic acids is 1. The molecule has 0 aromatic rings. The van der Waals surface area contributed by atoms with Crippen LogP contribution in [0.4, 0.5) is 0 Å². The molecular formula is C15H31N3O. The standard InChI is InChI=1S/C15H31N3O/c1-14(2)7-5-3-4-6-8-17-15(19)13-18-11-9-16-10-12-18/h14,16H,3-13H2,1-2H3,(H,17,19). The Kier molecular flexibility index (Phi) is 8.84. The number of amides is 1. The summed E-state index contributed by atoms with van der Waals surface area (Å²) in [5.41, 5.74) is 0. The van der Waals surface area contributed by atoms with Gasteiger partial charge in [-0.2, -0.15) is 0 Å². The minimum absolute atomic E-state index is 0.184. The van der Waals surface area contributed by atoms with Gasteiger partial charge in [0.2, 0.25) is 5.91 Å². The summed E-state index contributed by atoms with van der Waals surface area (Å²) < 4.78 is 0. The maximum atomic E-state index is 11.7. The molecular weight excluding hydrogens is 238 g/mol. The van der Waals surface area contributed by atoms with Gasteiger partial charge in [0, 0.05) is 32.7 Å². The lowest BCUT2D eigenvalue weighted by atomic mass is 10.0.